The standard InChI is InChI=1S/C45H26N4OS/c1-3-12-27(13-4-1)43-46-44(28-14-5-2-6-15-28)48-45(47-43)32-18-11-21-38-42(32)35-25-34-33-24-29(22-23-40(33)51-41(34)26-39(35)50-38)49-36-19-9-7-16-30(36)31-17-8-10-20-37(31)49/h1-26H. The highest BCUT2D eigenvalue weighted by Gasteiger charge is 2.20. The maximum Gasteiger partial charge on any atom is 0.164 e. The van der Waals surface area contributed by atoms with E-state index in [2.05, 4.69) is 89.5 Å². The van der Waals surface area contributed by atoms with Gasteiger partial charge in [-0.15, -0.1) is 11.3 Å². The first-order valence-electron chi connectivity index (χ1n) is 16.9. The van der Waals surface area contributed by atoms with Crippen molar-refractivity contribution in [2.24, 2.45) is 0 Å². The van der Waals surface area contributed by atoms with Gasteiger partial charge in [0.1, 0.15) is 11.2 Å². The molecule has 0 amide bonds. The Morgan fingerprint density at radius 3 is 1.73 bits per heavy atom. The zero-order chi connectivity index (χ0) is 33.5. The third-order valence-corrected chi connectivity index (χ3v) is 11.0. The Bertz CT molecular complexity index is 3030. The van der Waals surface area contributed by atoms with Crippen molar-refractivity contribution in [2.45, 2.75) is 0 Å². The third-order valence-electron chi connectivity index (χ3n) is 9.85. The van der Waals surface area contributed by atoms with Crippen LogP contribution in [0.15, 0.2) is 162 Å². The van der Waals surface area contributed by atoms with Crippen LogP contribution in [0.5, 0.6) is 0 Å². The van der Waals surface area contributed by atoms with E-state index in [4.69, 9.17) is 19.4 Å². The van der Waals surface area contributed by atoms with Gasteiger partial charge >= 0.3 is 0 Å². The topological polar surface area (TPSA) is 56.7 Å². The first kappa shape index (κ1) is 28.2. The molecule has 238 valence electrons. The van der Waals surface area contributed by atoms with E-state index in [0.717, 1.165) is 44.3 Å². The predicted octanol–water partition coefficient (Wildman–Crippen LogP) is 12.2. The number of hydrogen-bond donors (Lipinski definition) is 0. The molecule has 0 saturated carbocycles. The molecule has 51 heavy (non-hydrogen) atoms. The average Bonchev–Trinajstić information content (AvgIpc) is 3.86. The van der Waals surface area contributed by atoms with E-state index < -0.39 is 0 Å². The first-order valence-corrected chi connectivity index (χ1v) is 17.8. The molecule has 6 heteroatoms. The maximum absolute atomic E-state index is 6.56. The summed E-state index contributed by atoms with van der Waals surface area (Å²) in [6.07, 6.45) is 0. The largest absolute Gasteiger partial charge is 0.456 e. The smallest absolute Gasteiger partial charge is 0.164 e. The number of aromatic nitrogens is 4. The van der Waals surface area contributed by atoms with Gasteiger partial charge in [0.15, 0.2) is 17.5 Å². The summed E-state index contributed by atoms with van der Waals surface area (Å²) in [6, 6.07) is 55.0. The summed E-state index contributed by atoms with van der Waals surface area (Å²) < 4.78 is 11.4. The molecule has 0 spiro atoms. The zero-order valence-electron chi connectivity index (χ0n) is 27.1. The molecule has 0 saturated heterocycles. The van der Waals surface area contributed by atoms with Crippen molar-refractivity contribution in [3.8, 4) is 39.9 Å². The third kappa shape index (κ3) is 4.37. The highest BCUT2D eigenvalue weighted by atomic mass is 32.1. The highest BCUT2D eigenvalue weighted by Crippen LogP contribution is 2.43. The van der Waals surface area contributed by atoms with Gasteiger partial charge in [0.25, 0.3) is 0 Å². The van der Waals surface area contributed by atoms with Crippen LogP contribution in [0, 0.1) is 0 Å². The number of rotatable bonds is 4. The Labute approximate surface area is 295 Å². The number of fused-ring (bicyclic) bond motifs is 9. The molecule has 0 N–H and O–H groups in total. The Morgan fingerprint density at radius 1 is 0.431 bits per heavy atom. The minimum atomic E-state index is 0.611. The molecule has 0 aliphatic rings. The van der Waals surface area contributed by atoms with Crippen LogP contribution >= 0.6 is 11.3 Å². The lowest BCUT2D eigenvalue weighted by molar-refractivity contribution is 0.669. The summed E-state index contributed by atoms with van der Waals surface area (Å²) in [5.41, 5.74) is 7.98. The number of nitrogens with zero attached hydrogens (tertiary/aromatic N) is 4. The van der Waals surface area contributed by atoms with Crippen molar-refractivity contribution < 1.29 is 4.42 Å². The van der Waals surface area contributed by atoms with E-state index in [1.54, 1.807) is 11.3 Å². The lowest BCUT2D eigenvalue weighted by Gasteiger charge is -2.09. The molecule has 4 heterocycles. The SMILES string of the molecule is c1ccc(-c2nc(-c3ccccc3)nc(-c3cccc4oc5cc6sc7ccc(-n8c9ccccc9c9ccccc98)cc7c6cc5c34)n2)cc1. The normalized spacial score (nSPS) is 11.9. The quantitative estimate of drug-likeness (QED) is 0.187. The monoisotopic (exact) mass is 670 g/mol. The molecule has 0 unspecified atom stereocenters. The van der Waals surface area contributed by atoms with Crippen LogP contribution in [0.25, 0.3) is 104 Å². The number of hydrogen-bond acceptors (Lipinski definition) is 5. The van der Waals surface area contributed by atoms with Crippen molar-refractivity contribution in [1.82, 2.24) is 19.5 Å². The lowest BCUT2D eigenvalue weighted by atomic mass is 10.0. The molecule has 0 aliphatic heterocycles. The number of furan rings is 1. The fourth-order valence-electron chi connectivity index (χ4n) is 7.54. The van der Waals surface area contributed by atoms with Gasteiger partial charge in [0.05, 0.1) is 11.0 Å². The fourth-order valence-corrected chi connectivity index (χ4v) is 8.64. The van der Waals surface area contributed by atoms with Crippen molar-refractivity contribution in [1.29, 1.82) is 0 Å². The second-order valence-corrected chi connectivity index (χ2v) is 13.9. The minimum absolute atomic E-state index is 0.611. The molecular formula is C45H26N4OS. The van der Waals surface area contributed by atoms with Gasteiger partial charge < -0.3 is 8.98 Å². The summed E-state index contributed by atoms with van der Waals surface area (Å²) >= 11 is 1.80. The summed E-state index contributed by atoms with van der Waals surface area (Å²) in [5, 5.41) is 6.97. The van der Waals surface area contributed by atoms with E-state index in [9.17, 15) is 0 Å². The van der Waals surface area contributed by atoms with E-state index in [0.29, 0.717) is 17.5 Å². The van der Waals surface area contributed by atoms with Gasteiger partial charge in [-0.1, -0.05) is 109 Å². The predicted molar refractivity (Wildman–Crippen MR) is 211 cm³/mol. The van der Waals surface area contributed by atoms with Crippen LogP contribution in [0.2, 0.25) is 0 Å². The Morgan fingerprint density at radius 2 is 1.04 bits per heavy atom. The zero-order valence-corrected chi connectivity index (χ0v) is 27.9. The Balaban J connectivity index is 1.15. The highest BCUT2D eigenvalue weighted by molar-refractivity contribution is 7.25. The second-order valence-electron chi connectivity index (χ2n) is 12.8. The lowest BCUT2D eigenvalue weighted by Crippen LogP contribution is -2.00. The summed E-state index contributed by atoms with van der Waals surface area (Å²) in [5.74, 6) is 1.88. The van der Waals surface area contributed by atoms with Crippen LogP contribution in [0.3, 0.4) is 0 Å². The molecule has 0 bridgehead atoms. The number of benzene rings is 7. The van der Waals surface area contributed by atoms with Gasteiger partial charge in [-0.2, -0.15) is 0 Å². The van der Waals surface area contributed by atoms with E-state index in [-0.39, 0.29) is 0 Å². The van der Waals surface area contributed by atoms with Gasteiger partial charge in [-0.05, 0) is 48.5 Å². The number of thiophene rings is 1. The molecule has 4 aromatic heterocycles. The van der Waals surface area contributed by atoms with Crippen LogP contribution < -0.4 is 0 Å². The number of para-hydroxylation sites is 2. The molecule has 7 aromatic carbocycles. The fraction of sp³-hybridized carbons (Fsp3) is 0. The van der Waals surface area contributed by atoms with Crippen molar-refractivity contribution in [2.75, 3.05) is 0 Å². The van der Waals surface area contributed by atoms with Gasteiger partial charge in [-0.3, -0.25) is 0 Å². The summed E-state index contributed by atoms with van der Waals surface area (Å²) in [7, 11) is 0. The van der Waals surface area contributed by atoms with Crippen LogP contribution in [0.4, 0.5) is 0 Å². The Hall–Kier alpha value is -6.63. The molecule has 0 radical (unpaired) electrons. The Kier molecular flexibility index (Phi) is 6.05. The molecule has 0 aliphatic carbocycles. The summed E-state index contributed by atoms with van der Waals surface area (Å²) in [6.45, 7) is 0. The molecule has 0 atom stereocenters. The van der Waals surface area contributed by atoms with Crippen molar-refractivity contribution in [3.05, 3.63) is 158 Å². The maximum atomic E-state index is 6.56. The molecule has 5 nitrogen and oxygen atoms in total. The second kappa shape index (κ2) is 10.9. The van der Waals surface area contributed by atoms with Gasteiger partial charge in [-0.25, -0.2) is 15.0 Å². The van der Waals surface area contributed by atoms with Crippen LogP contribution in [0.1, 0.15) is 0 Å². The minimum Gasteiger partial charge on any atom is -0.456 e. The van der Waals surface area contributed by atoms with Crippen molar-refractivity contribution in [3.63, 3.8) is 0 Å². The van der Waals surface area contributed by atoms with E-state index >= 15 is 0 Å². The van der Waals surface area contributed by atoms with Crippen LogP contribution in [-0.2, 0) is 0 Å². The molecule has 0 fully saturated rings. The first-order chi connectivity index (χ1) is 25.3. The molecular weight excluding hydrogens is 645 g/mol. The van der Waals surface area contributed by atoms with Crippen molar-refractivity contribution >= 4 is 75.3 Å². The van der Waals surface area contributed by atoms with Crippen LogP contribution in [-0.4, -0.2) is 19.5 Å². The van der Waals surface area contributed by atoms with Gasteiger partial charge in [0, 0.05) is 64.1 Å². The van der Waals surface area contributed by atoms with E-state index in [1.165, 1.54) is 42.0 Å². The molecule has 11 rings (SSSR count). The molecule has 11 aromatic rings. The summed E-state index contributed by atoms with van der Waals surface area (Å²) in [4.78, 5) is 15.0. The van der Waals surface area contributed by atoms with E-state index in [1.807, 2.05) is 72.8 Å². The van der Waals surface area contributed by atoms with Gasteiger partial charge in [0.2, 0.25) is 0 Å². The average molecular weight is 671 g/mol.